The Labute approximate surface area is 237 Å². The number of aliphatic hydroxyl groups excluding tert-OH is 1. The van der Waals surface area contributed by atoms with Crippen LogP contribution in [0.2, 0.25) is 0 Å². The van der Waals surface area contributed by atoms with Gasteiger partial charge in [0.15, 0.2) is 11.5 Å². The summed E-state index contributed by atoms with van der Waals surface area (Å²) in [4.78, 5) is 13.6. The molecule has 1 aliphatic carbocycles. The van der Waals surface area contributed by atoms with Crippen LogP contribution in [0.15, 0.2) is 42.5 Å². The first-order chi connectivity index (χ1) is 19.4. The van der Waals surface area contributed by atoms with Gasteiger partial charge in [-0.2, -0.15) is 0 Å². The molecular formula is C31H45N3O6. The van der Waals surface area contributed by atoms with Gasteiger partial charge >= 0.3 is 0 Å². The van der Waals surface area contributed by atoms with Gasteiger partial charge in [-0.15, -0.1) is 0 Å². The van der Waals surface area contributed by atoms with Gasteiger partial charge in [0.05, 0.1) is 33.4 Å². The van der Waals surface area contributed by atoms with Crippen LogP contribution in [0.1, 0.15) is 43.2 Å². The molecule has 4 rings (SSSR count). The van der Waals surface area contributed by atoms with Gasteiger partial charge in [0, 0.05) is 31.7 Å². The molecule has 2 unspecified atom stereocenters. The summed E-state index contributed by atoms with van der Waals surface area (Å²) in [7, 11) is 3.31. The first-order valence-corrected chi connectivity index (χ1v) is 14.4. The second kappa shape index (κ2) is 15.2. The third-order valence-electron chi connectivity index (χ3n) is 7.91. The maximum Gasteiger partial charge on any atom is 0.221 e. The molecule has 40 heavy (non-hydrogen) atoms. The van der Waals surface area contributed by atoms with Crippen LogP contribution in [-0.4, -0.2) is 87.3 Å². The van der Waals surface area contributed by atoms with E-state index in [1.807, 2.05) is 24.3 Å². The summed E-state index contributed by atoms with van der Waals surface area (Å²) >= 11 is 0. The summed E-state index contributed by atoms with van der Waals surface area (Å²) in [6, 6.07) is 14.1. The first kappa shape index (κ1) is 30.1. The number of carbonyl (C=O) groups excluding carboxylic acids is 1. The SMILES string of the molecule is COc1ccc(CCO[C@H]2CCCC[C@H]2N2CCC(NCC(O)COc3ccc(CC(N)=O)cc3)C2)cc1OC. The molecule has 0 aromatic heterocycles. The van der Waals surface area contributed by atoms with E-state index in [1.165, 1.54) is 24.8 Å². The van der Waals surface area contributed by atoms with Gasteiger partial charge < -0.3 is 35.1 Å². The highest BCUT2D eigenvalue weighted by Crippen LogP contribution is 2.30. The lowest BCUT2D eigenvalue weighted by Gasteiger charge is -2.38. The average molecular weight is 556 g/mol. The summed E-state index contributed by atoms with van der Waals surface area (Å²) in [5.41, 5.74) is 7.26. The van der Waals surface area contributed by atoms with Crippen molar-refractivity contribution in [3.05, 3.63) is 53.6 Å². The fourth-order valence-electron chi connectivity index (χ4n) is 5.77. The number of aliphatic hydroxyl groups is 1. The summed E-state index contributed by atoms with van der Waals surface area (Å²) in [6.45, 7) is 3.38. The smallest absolute Gasteiger partial charge is 0.221 e. The summed E-state index contributed by atoms with van der Waals surface area (Å²) in [5.74, 6) is 1.79. The van der Waals surface area contributed by atoms with Crippen molar-refractivity contribution >= 4 is 5.91 Å². The van der Waals surface area contributed by atoms with E-state index >= 15 is 0 Å². The number of nitrogens with one attached hydrogen (secondary N) is 1. The van der Waals surface area contributed by atoms with Crippen LogP contribution >= 0.6 is 0 Å². The van der Waals surface area contributed by atoms with Crippen LogP contribution in [0.3, 0.4) is 0 Å². The largest absolute Gasteiger partial charge is 0.493 e. The highest BCUT2D eigenvalue weighted by Gasteiger charge is 2.35. The summed E-state index contributed by atoms with van der Waals surface area (Å²) < 4.78 is 23.0. The van der Waals surface area contributed by atoms with Gasteiger partial charge in [0.25, 0.3) is 0 Å². The molecule has 9 nitrogen and oxygen atoms in total. The highest BCUT2D eigenvalue weighted by molar-refractivity contribution is 5.76. The molecule has 1 saturated carbocycles. The Morgan fingerprint density at radius 1 is 1.05 bits per heavy atom. The van der Waals surface area contributed by atoms with Crippen LogP contribution in [0.5, 0.6) is 17.2 Å². The van der Waals surface area contributed by atoms with Gasteiger partial charge in [-0.3, -0.25) is 9.69 Å². The van der Waals surface area contributed by atoms with E-state index in [4.69, 9.17) is 24.7 Å². The van der Waals surface area contributed by atoms with Crippen molar-refractivity contribution in [3.8, 4) is 17.2 Å². The Morgan fingerprint density at radius 3 is 2.55 bits per heavy atom. The summed E-state index contributed by atoms with van der Waals surface area (Å²) in [5, 5.41) is 14.0. The Bertz CT molecular complexity index is 1070. The number of nitrogens with zero attached hydrogens (tertiary/aromatic N) is 1. The Morgan fingerprint density at radius 2 is 1.80 bits per heavy atom. The number of nitrogens with two attached hydrogens (primary N) is 1. The standard InChI is InChI=1S/C31H45N3O6/c1-37-29-12-9-23(17-30(29)38-2)14-16-39-28-6-4-3-5-27(28)34-15-13-24(20-34)33-19-25(35)21-40-26-10-7-22(8-11-26)18-31(32)36/h7-12,17,24-25,27-28,33,35H,3-6,13-16,18-21H2,1-2H3,(H2,32,36)/t24?,25?,27-,28+/m1/s1. The van der Waals surface area contributed by atoms with Crippen molar-refractivity contribution in [2.45, 2.75) is 69.2 Å². The lowest BCUT2D eigenvalue weighted by atomic mass is 9.91. The second-order valence-electron chi connectivity index (χ2n) is 10.8. The average Bonchev–Trinajstić information content (AvgIpc) is 3.44. The molecule has 1 saturated heterocycles. The molecule has 2 aliphatic rings. The normalized spacial score (nSPS) is 22.1. The van der Waals surface area contributed by atoms with E-state index in [2.05, 4.69) is 16.3 Å². The minimum atomic E-state index is -0.610. The van der Waals surface area contributed by atoms with Crippen LogP contribution in [0, 0.1) is 0 Å². The third-order valence-corrected chi connectivity index (χ3v) is 7.91. The van der Waals surface area contributed by atoms with Crippen molar-refractivity contribution < 1.29 is 28.8 Å². The number of ether oxygens (including phenoxy) is 4. The minimum Gasteiger partial charge on any atom is -0.493 e. The Kier molecular flexibility index (Phi) is 11.5. The molecular weight excluding hydrogens is 510 g/mol. The molecule has 2 aromatic carbocycles. The van der Waals surface area contributed by atoms with E-state index < -0.39 is 6.10 Å². The predicted molar refractivity (Wildman–Crippen MR) is 154 cm³/mol. The molecule has 0 radical (unpaired) electrons. The van der Waals surface area contributed by atoms with Crippen LogP contribution in [0.25, 0.3) is 0 Å². The first-order valence-electron chi connectivity index (χ1n) is 14.4. The topological polar surface area (TPSA) is 116 Å². The molecule has 2 fully saturated rings. The second-order valence-corrected chi connectivity index (χ2v) is 10.8. The number of amides is 1. The zero-order chi connectivity index (χ0) is 28.3. The molecule has 1 aliphatic heterocycles. The zero-order valence-electron chi connectivity index (χ0n) is 23.8. The van der Waals surface area contributed by atoms with E-state index in [-0.39, 0.29) is 25.0 Å². The molecule has 4 atom stereocenters. The lowest BCUT2D eigenvalue weighted by Crippen LogP contribution is -2.47. The molecule has 0 bridgehead atoms. The van der Waals surface area contributed by atoms with E-state index in [1.54, 1.807) is 26.4 Å². The van der Waals surface area contributed by atoms with E-state index in [0.29, 0.717) is 31.0 Å². The quantitative estimate of drug-likeness (QED) is 0.307. The number of likely N-dealkylation sites (tertiary alicyclic amines) is 1. The zero-order valence-corrected chi connectivity index (χ0v) is 23.8. The number of rotatable bonds is 15. The van der Waals surface area contributed by atoms with Gasteiger partial charge in [0.1, 0.15) is 18.5 Å². The van der Waals surface area contributed by atoms with Crippen molar-refractivity contribution in [2.75, 3.05) is 47.1 Å². The molecule has 0 spiro atoms. The van der Waals surface area contributed by atoms with Crippen molar-refractivity contribution in [1.29, 1.82) is 0 Å². The maximum atomic E-state index is 11.0. The van der Waals surface area contributed by atoms with Crippen molar-refractivity contribution in [3.63, 3.8) is 0 Å². The number of carbonyl (C=O) groups is 1. The van der Waals surface area contributed by atoms with Crippen molar-refractivity contribution in [2.24, 2.45) is 5.73 Å². The lowest BCUT2D eigenvalue weighted by molar-refractivity contribution is -0.117. The Balaban J connectivity index is 1.17. The van der Waals surface area contributed by atoms with E-state index in [0.717, 1.165) is 49.4 Å². The molecule has 2 aromatic rings. The third kappa shape index (κ3) is 8.83. The molecule has 1 heterocycles. The molecule has 4 N–H and O–H groups in total. The molecule has 1 amide bonds. The fraction of sp³-hybridized carbons (Fsp3) is 0.581. The van der Waals surface area contributed by atoms with Gasteiger partial charge in [-0.1, -0.05) is 31.0 Å². The summed E-state index contributed by atoms with van der Waals surface area (Å²) in [6.07, 6.45) is 6.48. The maximum absolute atomic E-state index is 11.0. The number of hydrogen-bond acceptors (Lipinski definition) is 8. The number of methoxy groups -OCH3 is 2. The highest BCUT2D eigenvalue weighted by atomic mass is 16.5. The monoisotopic (exact) mass is 555 g/mol. The van der Waals surface area contributed by atoms with Crippen LogP contribution < -0.4 is 25.3 Å². The van der Waals surface area contributed by atoms with Crippen LogP contribution in [0.4, 0.5) is 0 Å². The number of benzene rings is 2. The number of primary amides is 1. The van der Waals surface area contributed by atoms with Crippen molar-refractivity contribution in [1.82, 2.24) is 10.2 Å². The fourth-order valence-corrected chi connectivity index (χ4v) is 5.77. The van der Waals surface area contributed by atoms with E-state index in [9.17, 15) is 9.90 Å². The van der Waals surface area contributed by atoms with Crippen LogP contribution in [-0.2, 0) is 22.4 Å². The van der Waals surface area contributed by atoms with Gasteiger partial charge in [-0.25, -0.2) is 0 Å². The Hall–Kier alpha value is -2.85. The van der Waals surface area contributed by atoms with Gasteiger partial charge in [-0.05, 0) is 61.1 Å². The minimum absolute atomic E-state index is 0.206. The number of hydrogen-bond donors (Lipinski definition) is 3. The van der Waals surface area contributed by atoms with Gasteiger partial charge in [0.2, 0.25) is 5.91 Å². The molecule has 220 valence electrons. The predicted octanol–water partition coefficient (Wildman–Crippen LogP) is 2.71. The molecule has 9 heteroatoms.